The number of nitrogens with one attached hydrogen (secondary N) is 2. The highest BCUT2D eigenvalue weighted by atomic mass is 19.1. The Labute approximate surface area is 158 Å². The highest BCUT2D eigenvalue weighted by Gasteiger charge is 2.42. The quantitative estimate of drug-likeness (QED) is 0.698. The fourth-order valence-electron chi connectivity index (χ4n) is 4.37. The van der Waals surface area contributed by atoms with Crippen LogP contribution in [0.25, 0.3) is 11.1 Å². The van der Waals surface area contributed by atoms with Gasteiger partial charge in [-0.3, -0.25) is 9.48 Å². The zero-order chi connectivity index (χ0) is 19.1. The second-order valence-corrected chi connectivity index (χ2v) is 7.81. The van der Waals surface area contributed by atoms with E-state index in [1.54, 1.807) is 16.9 Å². The number of rotatable bonds is 5. The molecule has 1 aromatic carbocycles. The van der Waals surface area contributed by atoms with Crippen molar-refractivity contribution in [3.05, 3.63) is 41.5 Å². The van der Waals surface area contributed by atoms with E-state index >= 15 is 0 Å². The Balaban J connectivity index is 1.40. The van der Waals surface area contributed by atoms with E-state index < -0.39 is 6.17 Å². The lowest BCUT2D eigenvalue weighted by Gasteiger charge is -2.24. The normalized spacial score (nSPS) is 25.0. The maximum absolute atomic E-state index is 14.6. The van der Waals surface area contributed by atoms with E-state index in [4.69, 9.17) is 5.73 Å². The number of hydrogen-bond acceptors (Lipinski definition) is 4. The Bertz CT molecular complexity index is 864. The predicted molar refractivity (Wildman–Crippen MR) is 101 cm³/mol. The summed E-state index contributed by atoms with van der Waals surface area (Å²) < 4.78 is 16.3. The summed E-state index contributed by atoms with van der Waals surface area (Å²) in [6.45, 7) is 1.95. The monoisotopic (exact) mass is 371 g/mol. The van der Waals surface area contributed by atoms with Crippen LogP contribution < -0.4 is 16.4 Å². The van der Waals surface area contributed by atoms with Crippen LogP contribution in [-0.4, -0.2) is 33.9 Å². The number of hydrogen-bond donors (Lipinski definition) is 3. The number of nitrogens with two attached hydrogens (primary N) is 1. The molecule has 4 N–H and O–H groups in total. The zero-order valence-corrected chi connectivity index (χ0v) is 15.7. The molecule has 0 unspecified atom stereocenters. The molecule has 1 aliphatic heterocycles. The zero-order valence-electron chi connectivity index (χ0n) is 15.7. The Hall–Kier alpha value is -2.25. The molecule has 7 heteroatoms. The van der Waals surface area contributed by atoms with Crippen molar-refractivity contribution >= 4 is 5.91 Å². The van der Waals surface area contributed by atoms with Crippen LogP contribution in [0.3, 0.4) is 0 Å². The first-order chi connectivity index (χ1) is 12.9. The van der Waals surface area contributed by atoms with Crippen LogP contribution in [-0.2, 0) is 18.3 Å². The summed E-state index contributed by atoms with van der Waals surface area (Å²) in [5, 5.41) is 10.4. The Morgan fingerprint density at radius 2 is 2.30 bits per heavy atom. The van der Waals surface area contributed by atoms with E-state index in [9.17, 15) is 9.18 Å². The summed E-state index contributed by atoms with van der Waals surface area (Å²) in [6.07, 6.45) is 4.68. The number of aromatic nitrogens is 2. The molecular formula is C20H26FN5O. The third-order valence-corrected chi connectivity index (χ3v) is 6.01. The SMILES string of the molecule is Cc1c(-c2ccc(C[C@@H](N)NC(=O)[C@H]3N[C@@H]4CC[C@H]3C4)c(F)c2)cnn1C. The molecule has 4 rings (SSSR count). The molecule has 2 heterocycles. The van der Waals surface area contributed by atoms with E-state index in [0.29, 0.717) is 17.5 Å². The molecule has 1 aliphatic carbocycles. The number of benzene rings is 1. The molecule has 0 spiro atoms. The van der Waals surface area contributed by atoms with Gasteiger partial charge in [0.2, 0.25) is 5.91 Å². The summed E-state index contributed by atoms with van der Waals surface area (Å²) in [5.74, 6) is 0.0113. The predicted octanol–water partition coefficient (Wildman–Crippen LogP) is 1.62. The van der Waals surface area contributed by atoms with Gasteiger partial charge >= 0.3 is 0 Å². The molecular weight excluding hydrogens is 345 g/mol. The number of halogens is 1. The fraction of sp³-hybridized carbons (Fsp3) is 0.500. The second kappa shape index (κ2) is 7.05. The minimum absolute atomic E-state index is 0.0716. The van der Waals surface area contributed by atoms with E-state index in [2.05, 4.69) is 15.7 Å². The van der Waals surface area contributed by atoms with Gasteiger partial charge in [-0.1, -0.05) is 12.1 Å². The van der Waals surface area contributed by atoms with Gasteiger partial charge in [0, 0.05) is 30.8 Å². The summed E-state index contributed by atoms with van der Waals surface area (Å²) in [5.41, 5.74) is 9.24. The van der Waals surface area contributed by atoms with E-state index in [1.807, 2.05) is 20.0 Å². The molecule has 2 aromatic rings. The molecule has 144 valence electrons. The number of nitrogens with zero attached hydrogens (tertiary/aromatic N) is 2. The first-order valence-electron chi connectivity index (χ1n) is 9.51. The van der Waals surface area contributed by atoms with Crippen molar-refractivity contribution in [2.75, 3.05) is 0 Å². The molecule has 6 nitrogen and oxygen atoms in total. The van der Waals surface area contributed by atoms with Crippen molar-refractivity contribution < 1.29 is 9.18 Å². The average Bonchev–Trinajstić information content (AvgIpc) is 3.34. The lowest BCUT2D eigenvalue weighted by molar-refractivity contribution is -0.124. The lowest BCUT2D eigenvalue weighted by atomic mass is 9.99. The summed E-state index contributed by atoms with van der Waals surface area (Å²) in [4.78, 5) is 12.4. The van der Waals surface area contributed by atoms with Gasteiger partial charge in [-0.05, 0) is 49.3 Å². The number of carbonyl (C=O) groups excluding carboxylic acids is 1. The minimum Gasteiger partial charge on any atom is -0.339 e. The van der Waals surface area contributed by atoms with Crippen molar-refractivity contribution in [2.24, 2.45) is 18.7 Å². The van der Waals surface area contributed by atoms with Crippen molar-refractivity contribution in [3.63, 3.8) is 0 Å². The van der Waals surface area contributed by atoms with Gasteiger partial charge in [-0.2, -0.15) is 5.10 Å². The van der Waals surface area contributed by atoms with Gasteiger partial charge in [0.05, 0.1) is 18.4 Å². The minimum atomic E-state index is -0.612. The molecule has 2 fully saturated rings. The fourth-order valence-corrected chi connectivity index (χ4v) is 4.37. The van der Waals surface area contributed by atoms with Crippen LogP contribution in [0.4, 0.5) is 4.39 Å². The van der Waals surface area contributed by atoms with Crippen LogP contribution in [0.15, 0.2) is 24.4 Å². The highest BCUT2D eigenvalue weighted by molar-refractivity contribution is 5.83. The third-order valence-electron chi connectivity index (χ3n) is 6.01. The van der Waals surface area contributed by atoms with Crippen molar-refractivity contribution in [1.29, 1.82) is 0 Å². The number of aryl methyl sites for hydroxylation is 1. The van der Waals surface area contributed by atoms with E-state index in [-0.39, 0.29) is 24.2 Å². The lowest BCUT2D eigenvalue weighted by Crippen LogP contribution is -2.53. The van der Waals surface area contributed by atoms with Crippen molar-refractivity contribution in [2.45, 2.75) is 50.9 Å². The third kappa shape index (κ3) is 3.49. The first-order valence-corrected chi connectivity index (χ1v) is 9.51. The summed E-state index contributed by atoms with van der Waals surface area (Å²) >= 11 is 0. The van der Waals surface area contributed by atoms with Crippen LogP contribution in [0.5, 0.6) is 0 Å². The molecule has 2 bridgehead atoms. The van der Waals surface area contributed by atoms with Crippen LogP contribution in [0.1, 0.15) is 30.5 Å². The molecule has 27 heavy (non-hydrogen) atoms. The van der Waals surface area contributed by atoms with Crippen LogP contribution in [0.2, 0.25) is 0 Å². The maximum atomic E-state index is 14.6. The largest absolute Gasteiger partial charge is 0.339 e. The van der Waals surface area contributed by atoms with Gasteiger partial charge in [0.25, 0.3) is 0 Å². The second-order valence-electron chi connectivity index (χ2n) is 7.81. The molecule has 2 aliphatic rings. The molecule has 0 radical (unpaired) electrons. The molecule has 4 atom stereocenters. The molecule has 1 amide bonds. The molecule has 1 saturated carbocycles. The van der Waals surface area contributed by atoms with Gasteiger partial charge in [0.1, 0.15) is 5.82 Å². The van der Waals surface area contributed by atoms with Gasteiger partial charge in [-0.15, -0.1) is 0 Å². The van der Waals surface area contributed by atoms with Crippen molar-refractivity contribution in [3.8, 4) is 11.1 Å². The van der Waals surface area contributed by atoms with Crippen LogP contribution in [0, 0.1) is 18.7 Å². The molecule has 1 aromatic heterocycles. The number of fused-ring (bicyclic) bond motifs is 2. The van der Waals surface area contributed by atoms with Gasteiger partial charge in [-0.25, -0.2) is 4.39 Å². The number of piperidine rings is 1. The van der Waals surface area contributed by atoms with Gasteiger partial charge in [0.15, 0.2) is 0 Å². The standard InChI is InChI=1S/C20H26FN5O/c1-11-16(10-23-26(11)2)12-3-4-13(17(21)8-12)9-18(22)25-20(27)19-14-5-6-15(7-14)24-19/h3-4,8,10,14-15,18-19,24H,5-7,9,22H2,1-2H3,(H,25,27)/t14-,15+,18-,19-/m0/s1. The van der Waals surface area contributed by atoms with E-state index in [1.165, 1.54) is 6.07 Å². The van der Waals surface area contributed by atoms with E-state index in [0.717, 1.165) is 36.1 Å². The Morgan fingerprint density at radius 3 is 2.89 bits per heavy atom. The Morgan fingerprint density at radius 1 is 1.48 bits per heavy atom. The van der Waals surface area contributed by atoms with Crippen LogP contribution >= 0.6 is 0 Å². The highest BCUT2D eigenvalue weighted by Crippen LogP contribution is 2.35. The average molecular weight is 371 g/mol. The Kier molecular flexibility index (Phi) is 4.74. The topological polar surface area (TPSA) is 85.0 Å². The van der Waals surface area contributed by atoms with Crippen molar-refractivity contribution in [1.82, 2.24) is 20.4 Å². The number of carbonyl (C=O) groups is 1. The summed E-state index contributed by atoms with van der Waals surface area (Å²) in [6, 6.07) is 5.41. The number of amides is 1. The smallest absolute Gasteiger partial charge is 0.238 e. The first kappa shape index (κ1) is 18.1. The maximum Gasteiger partial charge on any atom is 0.238 e. The van der Waals surface area contributed by atoms with Gasteiger partial charge < -0.3 is 16.4 Å². The molecule has 1 saturated heterocycles. The summed E-state index contributed by atoms with van der Waals surface area (Å²) in [7, 11) is 1.86.